The molecule has 1 heterocycles. The Labute approximate surface area is 159 Å². The lowest BCUT2D eigenvalue weighted by Gasteiger charge is -2.24. The zero-order valence-electron chi connectivity index (χ0n) is 16.1. The molecule has 0 bridgehead atoms. The third-order valence-electron chi connectivity index (χ3n) is 5.65. The number of hydrogen-bond acceptors (Lipinski definition) is 5. The van der Waals surface area contributed by atoms with Crippen LogP contribution in [0.1, 0.15) is 51.1 Å². The second-order valence-electron chi connectivity index (χ2n) is 7.67. The Morgan fingerprint density at radius 3 is 2.70 bits per heavy atom. The number of fused-ring (bicyclic) bond motifs is 1. The topological polar surface area (TPSA) is 74.4 Å². The highest BCUT2D eigenvalue weighted by molar-refractivity contribution is 5.95. The number of hydrogen-bond donors (Lipinski definition) is 2. The third-order valence-corrected chi connectivity index (χ3v) is 5.65. The van der Waals surface area contributed by atoms with Crippen LogP contribution in [0, 0.1) is 5.41 Å². The zero-order valence-corrected chi connectivity index (χ0v) is 16.1. The normalized spacial score (nSPS) is 17.9. The van der Waals surface area contributed by atoms with Gasteiger partial charge in [0.2, 0.25) is 0 Å². The van der Waals surface area contributed by atoms with Crippen LogP contribution in [0.2, 0.25) is 0 Å². The molecule has 2 aliphatic rings. The van der Waals surface area contributed by atoms with Gasteiger partial charge in [-0.1, -0.05) is 12.2 Å². The summed E-state index contributed by atoms with van der Waals surface area (Å²) in [5, 5.41) is 19.5. The van der Waals surface area contributed by atoms with Gasteiger partial charge in [0.15, 0.2) is 0 Å². The van der Waals surface area contributed by atoms with Gasteiger partial charge in [-0.3, -0.25) is 5.41 Å². The van der Waals surface area contributed by atoms with Gasteiger partial charge in [-0.2, -0.15) is 0 Å². The Morgan fingerprint density at radius 2 is 2.04 bits per heavy atom. The first kappa shape index (κ1) is 17.9. The number of anilines is 1. The van der Waals surface area contributed by atoms with Gasteiger partial charge in [0.05, 0.1) is 23.0 Å². The molecule has 27 heavy (non-hydrogen) atoms. The van der Waals surface area contributed by atoms with E-state index in [1.54, 1.807) is 0 Å². The predicted molar refractivity (Wildman–Crippen MR) is 106 cm³/mol. The zero-order chi connectivity index (χ0) is 19.0. The van der Waals surface area contributed by atoms with Crippen molar-refractivity contribution in [3.05, 3.63) is 35.6 Å². The molecule has 6 heteroatoms. The van der Waals surface area contributed by atoms with Crippen molar-refractivity contribution in [2.75, 3.05) is 11.9 Å². The number of ether oxygens (including phenoxy) is 1. The maximum absolute atomic E-state index is 10.5. The molecule has 2 saturated carbocycles. The highest BCUT2D eigenvalue weighted by Gasteiger charge is 2.29. The second kappa shape index (κ2) is 7.25. The smallest absolute Gasteiger partial charge is 0.256 e. The van der Waals surface area contributed by atoms with E-state index in [2.05, 4.69) is 23.0 Å². The maximum atomic E-state index is 10.5. The summed E-state index contributed by atoms with van der Waals surface area (Å²) < 4.78 is 7.12. The fourth-order valence-corrected chi connectivity index (χ4v) is 3.98. The van der Waals surface area contributed by atoms with Crippen LogP contribution < -0.4 is 15.3 Å². The van der Waals surface area contributed by atoms with E-state index in [0.717, 1.165) is 40.1 Å². The minimum Gasteiger partial charge on any atom is -0.490 e. The lowest BCUT2D eigenvalue weighted by Crippen LogP contribution is -2.26. The number of allylic oxidation sites excluding steroid dienone is 2. The molecule has 0 atom stereocenters. The van der Waals surface area contributed by atoms with Gasteiger partial charge < -0.3 is 14.8 Å². The summed E-state index contributed by atoms with van der Waals surface area (Å²) in [5.74, 6) is 0.766. The van der Waals surface area contributed by atoms with Crippen molar-refractivity contribution in [3.63, 3.8) is 0 Å². The van der Waals surface area contributed by atoms with Crippen molar-refractivity contribution in [1.29, 1.82) is 5.41 Å². The molecule has 1 aromatic heterocycles. The van der Waals surface area contributed by atoms with Gasteiger partial charge in [-0.25, -0.2) is 4.98 Å². The van der Waals surface area contributed by atoms with Gasteiger partial charge in [0.1, 0.15) is 5.75 Å². The molecule has 2 fully saturated rings. The minimum absolute atomic E-state index is 0.153. The molecule has 0 unspecified atom stereocenters. The summed E-state index contributed by atoms with van der Waals surface area (Å²) in [5.41, 5.74) is 2.28. The first-order valence-electron chi connectivity index (χ1n) is 9.92. The van der Waals surface area contributed by atoms with E-state index >= 15 is 0 Å². The average Bonchev–Trinajstić information content (AvgIpc) is 3.40. The Bertz CT molecular complexity index is 924. The molecule has 2 N–H and O–H groups in total. The van der Waals surface area contributed by atoms with Crippen molar-refractivity contribution in [2.24, 2.45) is 0 Å². The van der Waals surface area contributed by atoms with Crippen LogP contribution >= 0.6 is 0 Å². The summed E-state index contributed by atoms with van der Waals surface area (Å²) >= 11 is 0. The average molecular weight is 368 g/mol. The van der Waals surface area contributed by atoms with E-state index in [-0.39, 0.29) is 11.7 Å². The van der Waals surface area contributed by atoms with Crippen molar-refractivity contribution in [1.82, 2.24) is 9.71 Å². The highest BCUT2D eigenvalue weighted by atomic mass is 16.5. The van der Waals surface area contributed by atoms with Crippen LogP contribution in [0.4, 0.5) is 5.69 Å². The van der Waals surface area contributed by atoms with Crippen LogP contribution in [0.25, 0.3) is 10.9 Å². The van der Waals surface area contributed by atoms with Gasteiger partial charge >= 0.3 is 0 Å². The number of nitrogens with one attached hydrogen (secondary N) is 1. The quantitative estimate of drug-likeness (QED) is 0.601. The Morgan fingerprint density at radius 1 is 1.30 bits per heavy atom. The molecule has 2 aromatic rings. The number of aromatic nitrogens is 2. The summed E-state index contributed by atoms with van der Waals surface area (Å²) in [6.07, 6.45) is 11.8. The third kappa shape index (κ3) is 3.53. The summed E-state index contributed by atoms with van der Waals surface area (Å²) in [6, 6.07) is 4.47. The molecule has 0 radical (unpaired) electrons. The fraction of sp³-hybridized carbons (Fsp3) is 0.524. The van der Waals surface area contributed by atoms with Crippen LogP contribution in [0.15, 0.2) is 24.3 Å². The molecule has 2 aliphatic carbocycles. The highest BCUT2D eigenvalue weighted by Crippen LogP contribution is 2.39. The van der Waals surface area contributed by atoms with Gasteiger partial charge in [-0.15, -0.1) is 4.73 Å². The van der Waals surface area contributed by atoms with Crippen LogP contribution in [0.5, 0.6) is 5.75 Å². The van der Waals surface area contributed by atoms with E-state index in [1.165, 1.54) is 25.7 Å². The number of nitrogens with zero attached hydrogens (tertiary/aromatic N) is 3. The largest absolute Gasteiger partial charge is 0.490 e. The van der Waals surface area contributed by atoms with Crippen molar-refractivity contribution < 1.29 is 9.94 Å². The summed E-state index contributed by atoms with van der Waals surface area (Å²) in [4.78, 5) is 6.63. The van der Waals surface area contributed by atoms with Crippen molar-refractivity contribution in [2.45, 2.75) is 64.0 Å². The standard InChI is InChI=1S/C21H28N4O2/c1-3-4-9-17-20-18(24(2)14-10-11-14)12-16(27-15-7-5-6-8-15)13-19(20)25(26)21(22)23-17/h3-4,12-15,22,26H,5-11H2,1-2H3. The Balaban J connectivity index is 1.89. The van der Waals surface area contributed by atoms with E-state index in [0.29, 0.717) is 18.0 Å². The van der Waals surface area contributed by atoms with Gasteiger partial charge in [0.25, 0.3) is 5.62 Å². The van der Waals surface area contributed by atoms with Crippen LogP contribution in [-0.2, 0) is 6.42 Å². The lowest BCUT2D eigenvalue weighted by molar-refractivity contribution is 0.177. The molecule has 0 amide bonds. The van der Waals surface area contributed by atoms with E-state index in [1.807, 2.05) is 25.1 Å². The maximum Gasteiger partial charge on any atom is 0.256 e. The minimum atomic E-state index is -0.153. The molecule has 144 valence electrons. The first-order chi connectivity index (χ1) is 13.1. The molecule has 0 saturated heterocycles. The fourth-order valence-electron chi connectivity index (χ4n) is 3.98. The predicted octanol–water partition coefficient (Wildman–Crippen LogP) is 3.79. The molecular weight excluding hydrogens is 340 g/mol. The Hall–Kier alpha value is -2.50. The van der Waals surface area contributed by atoms with Gasteiger partial charge in [0, 0.05) is 37.0 Å². The van der Waals surface area contributed by atoms with E-state index in [4.69, 9.17) is 10.1 Å². The molecule has 0 spiro atoms. The van der Waals surface area contributed by atoms with Crippen LogP contribution in [0.3, 0.4) is 0 Å². The molecule has 0 aliphatic heterocycles. The van der Waals surface area contributed by atoms with Gasteiger partial charge in [-0.05, 0) is 45.4 Å². The summed E-state index contributed by atoms with van der Waals surface area (Å²) in [6.45, 7) is 1.98. The van der Waals surface area contributed by atoms with E-state index < -0.39 is 0 Å². The number of benzene rings is 1. The SMILES string of the molecule is CC=CCc1nc(=N)n(O)c2cc(OC3CCCC3)cc(N(C)C3CC3)c12. The molecule has 6 nitrogen and oxygen atoms in total. The molecule has 1 aromatic carbocycles. The van der Waals surface area contributed by atoms with Crippen molar-refractivity contribution in [3.8, 4) is 5.75 Å². The van der Waals surface area contributed by atoms with Crippen molar-refractivity contribution >= 4 is 16.6 Å². The van der Waals surface area contributed by atoms with Crippen LogP contribution in [-0.4, -0.2) is 34.1 Å². The molecular formula is C21H28N4O2. The molecule has 4 rings (SSSR count). The Kier molecular flexibility index (Phi) is 4.81. The lowest BCUT2D eigenvalue weighted by atomic mass is 10.1. The number of rotatable bonds is 6. The van der Waals surface area contributed by atoms with E-state index in [9.17, 15) is 5.21 Å². The second-order valence-corrected chi connectivity index (χ2v) is 7.67. The monoisotopic (exact) mass is 368 g/mol. The first-order valence-corrected chi connectivity index (χ1v) is 9.92. The summed E-state index contributed by atoms with van der Waals surface area (Å²) in [7, 11) is 2.10.